The van der Waals surface area contributed by atoms with Gasteiger partial charge in [0.25, 0.3) is 0 Å². The van der Waals surface area contributed by atoms with Gasteiger partial charge in [-0.2, -0.15) is 0 Å². The van der Waals surface area contributed by atoms with Gasteiger partial charge in [-0.1, -0.05) is 110 Å². The molecule has 2 heterocycles. The molecule has 0 fully saturated rings. The first-order valence-corrected chi connectivity index (χ1v) is 17.1. The first-order valence-electron chi connectivity index (χ1n) is 17.1. The van der Waals surface area contributed by atoms with Gasteiger partial charge in [-0.25, -0.2) is 14.8 Å². The van der Waals surface area contributed by atoms with Crippen LogP contribution >= 0.6 is 0 Å². The molecule has 0 aliphatic heterocycles. The van der Waals surface area contributed by atoms with Crippen LogP contribution in [0.25, 0.3) is 33.6 Å². The van der Waals surface area contributed by atoms with Crippen LogP contribution in [0.2, 0.25) is 0 Å². The quantitative estimate of drug-likeness (QED) is 0.0998. The summed E-state index contributed by atoms with van der Waals surface area (Å²) in [4.78, 5) is 52.5. The van der Waals surface area contributed by atoms with Crippen LogP contribution in [0.3, 0.4) is 0 Å². The number of aromatic amines is 2. The van der Waals surface area contributed by atoms with Crippen molar-refractivity contribution in [2.75, 3.05) is 7.11 Å². The lowest BCUT2D eigenvalue weighted by Gasteiger charge is -2.26. The number of methoxy groups -OCH3 is 1. The Morgan fingerprint density at radius 1 is 0.735 bits per heavy atom. The summed E-state index contributed by atoms with van der Waals surface area (Å²) in [7, 11) is 1.27. The molecule has 11 nitrogen and oxygen atoms in total. The normalized spacial score (nSPS) is 12.2. The number of aromatic nitrogens is 4. The Balaban J connectivity index is 0.00000209. The largest absolute Gasteiger partial charge is 0.453 e. The highest BCUT2D eigenvalue weighted by molar-refractivity contribution is 5.86. The van der Waals surface area contributed by atoms with Crippen molar-refractivity contribution in [2.45, 2.75) is 86.9 Å². The van der Waals surface area contributed by atoms with Crippen molar-refractivity contribution < 1.29 is 19.1 Å². The summed E-state index contributed by atoms with van der Waals surface area (Å²) in [5.41, 5.74) is 5.83. The van der Waals surface area contributed by atoms with E-state index in [1.807, 2.05) is 65.8 Å². The number of benzene rings is 2. The lowest BCUT2D eigenvalue weighted by atomic mass is 10.00. The van der Waals surface area contributed by atoms with E-state index in [0.717, 1.165) is 33.6 Å². The van der Waals surface area contributed by atoms with Gasteiger partial charge in [0.2, 0.25) is 11.8 Å². The summed E-state index contributed by atoms with van der Waals surface area (Å²) in [6, 6.07) is 15.3. The molecule has 4 rings (SSSR count). The predicted molar refractivity (Wildman–Crippen MR) is 194 cm³/mol. The van der Waals surface area contributed by atoms with Gasteiger partial charge in [-0.15, -0.1) is 0 Å². The van der Waals surface area contributed by atoms with Crippen molar-refractivity contribution in [1.82, 2.24) is 35.9 Å². The number of nitrogens with one attached hydrogen (secondary N) is 5. The molecule has 0 aliphatic rings. The molecule has 0 aliphatic carbocycles. The van der Waals surface area contributed by atoms with Gasteiger partial charge < -0.3 is 30.7 Å². The minimum absolute atomic E-state index is 0.0196. The molecule has 0 bridgehead atoms. The Labute approximate surface area is 290 Å². The molecule has 3 amide bonds. The van der Waals surface area contributed by atoms with Gasteiger partial charge in [0, 0.05) is 6.42 Å². The average molecular weight is 672 g/mol. The Bertz CT molecular complexity index is 1620. The minimum atomic E-state index is -0.740. The average Bonchev–Trinajstić information content (AvgIpc) is 3.75. The van der Waals surface area contributed by atoms with Crippen molar-refractivity contribution >= 4 is 17.9 Å². The molecule has 2 unspecified atom stereocenters. The van der Waals surface area contributed by atoms with Crippen LogP contribution in [-0.2, 0) is 20.9 Å². The SMILES string of the molecule is CCC.COC(=O)NC(C(=O)NC(c1ncc(-c2ccc(-c3ccc(-c4cnc(CNC(=O)CC(C)C)[nH]4)cc3)cc2)[nH]1)C(C)C)C(C)C. The maximum atomic E-state index is 13.1. The van der Waals surface area contributed by atoms with E-state index in [-0.39, 0.29) is 29.7 Å². The number of hydrogen-bond donors (Lipinski definition) is 5. The van der Waals surface area contributed by atoms with Crippen LogP contribution in [0, 0.1) is 17.8 Å². The van der Waals surface area contributed by atoms with Crippen LogP contribution in [0.4, 0.5) is 4.79 Å². The Kier molecular flexibility index (Phi) is 14.6. The molecule has 0 radical (unpaired) electrons. The van der Waals surface area contributed by atoms with Crippen LogP contribution in [-0.4, -0.2) is 51.0 Å². The first kappa shape index (κ1) is 38.5. The zero-order chi connectivity index (χ0) is 36.1. The smallest absolute Gasteiger partial charge is 0.407 e. The van der Waals surface area contributed by atoms with Crippen molar-refractivity contribution in [3.8, 4) is 33.6 Å². The second-order valence-electron chi connectivity index (χ2n) is 13.3. The molecular weight excluding hydrogens is 618 g/mol. The summed E-state index contributed by atoms with van der Waals surface area (Å²) in [5.74, 6) is 1.30. The van der Waals surface area contributed by atoms with E-state index >= 15 is 0 Å². The van der Waals surface area contributed by atoms with E-state index < -0.39 is 12.1 Å². The van der Waals surface area contributed by atoms with Gasteiger partial charge in [-0.3, -0.25) is 9.59 Å². The molecule has 11 heteroatoms. The third-order valence-corrected chi connectivity index (χ3v) is 7.66. The van der Waals surface area contributed by atoms with E-state index in [2.05, 4.69) is 74.0 Å². The minimum Gasteiger partial charge on any atom is -0.453 e. The van der Waals surface area contributed by atoms with Crippen LogP contribution in [0.5, 0.6) is 0 Å². The van der Waals surface area contributed by atoms with Crippen molar-refractivity contribution in [3.05, 3.63) is 72.6 Å². The van der Waals surface area contributed by atoms with Crippen LogP contribution in [0.1, 0.15) is 85.9 Å². The number of H-pyrrole nitrogens is 2. The van der Waals surface area contributed by atoms with Crippen LogP contribution < -0.4 is 16.0 Å². The summed E-state index contributed by atoms with van der Waals surface area (Å²) < 4.78 is 4.69. The molecule has 49 heavy (non-hydrogen) atoms. The second kappa shape index (κ2) is 18.6. The molecular formula is C38H53N7O4. The molecule has 264 valence electrons. The fourth-order valence-electron chi connectivity index (χ4n) is 5.06. The van der Waals surface area contributed by atoms with Gasteiger partial charge in [0.1, 0.15) is 17.7 Å². The van der Waals surface area contributed by atoms with E-state index in [1.54, 1.807) is 12.4 Å². The summed E-state index contributed by atoms with van der Waals surface area (Å²) in [6.45, 7) is 16.4. The standard InChI is InChI=1S/C35H45N7O4.C3H8/c1-20(2)16-30(43)37-19-29-36-17-27(39-29)25-12-8-23(9-13-25)24-10-14-26(15-11-24)28-18-38-33(40-28)31(21(3)4)41-34(44)32(22(5)6)42-35(45)46-7;1-3-2/h8-15,17-18,20-22,31-32H,16,19H2,1-7H3,(H,36,39)(H,37,43)(H,38,40)(H,41,44)(H,42,45);3H2,1-2H3. The molecule has 0 saturated carbocycles. The number of ether oxygens (including phenoxy) is 1. The number of imidazole rings is 2. The molecule has 4 aromatic rings. The number of amides is 3. The lowest BCUT2D eigenvalue weighted by Crippen LogP contribution is -2.51. The van der Waals surface area contributed by atoms with E-state index in [0.29, 0.717) is 30.5 Å². The molecule has 2 atom stereocenters. The van der Waals surface area contributed by atoms with Gasteiger partial charge in [-0.05, 0) is 40.0 Å². The van der Waals surface area contributed by atoms with Gasteiger partial charge >= 0.3 is 6.09 Å². The highest BCUT2D eigenvalue weighted by Crippen LogP contribution is 2.28. The lowest BCUT2D eigenvalue weighted by molar-refractivity contribution is -0.125. The number of hydrogen-bond acceptors (Lipinski definition) is 6. The van der Waals surface area contributed by atoms with Gasteiger partial charge in [0.05, 0.1) is 43.5 Å². The van der Waals surface area contributed by atoms with Gasteiger partial charge in [0.15, 0.2) is 0 Å². The Hall–Kier alpha value is -4.93. The first-order chi connectivity index (χ1) is 23.4. The maximum Gasteiger partial charge on any atom is 0.407 e. The summed E-state index contributed by atoms with van der Waals surface area (Å²) >= 11 is 0. The van der Waals surface area contributed by atoms with E-state index in [4.69, 9.17) is 4.74 Å². The molecule has 0 saturated heterocycles. The van der Waals surface area contributed by atoms with E-state index in [1.165, 1.54) is 13.5 Å². The third kappa shape index (κ3) is 11.3. The molecule has 2 aromatic carbocycles. The fraction of sp³-hybridized carbons (Fsp3) is 0.447. The second-order valence-corrected chi connectivity index (χ2v) is 13.3. The zero-order valence-corrected chi connectivity index (χ0v) is 30.3. The Morgan fingerprint density at radius 3 is 1.73 bits per heavy atom. The highest BCUT2D eigenvalue weighted by Gasteiger charge is 2.29. The topological polar surface area (TPSA) is 154 Å². The fourth-order valence-corrected chi connectivity index (χ4v) is 5.06. The number of carbonyl (C=O) groups is 3. The number of carbonyl (C=O) groups excluding carboxylic acids is 3. The summed E-state index contributed by atoms with van der Waals surface area (Å²) in [5, 5.41) is 8.57. The van der Waals surface area contributed by atoms with Crippen molar-refractivity contribution in [3.63, 3.8) is 0 Å². The maximum absolute atomic E-state index is 13.1. The third-order valence-electron chi connectivity index (χ3n) is 7.66. The molecule has 0 spiro atoms. The predicted octanol–water partition coefficient (Wildman–Crippen LogP) is 7.41. The molecule has 2 aromatic heterocycles. The molecule has 5 N–H and O–H groups in total. The van der Waals surface area contributed by atoms with Crippen molar-refractivity contribution in [2.24, 2.45) is 17.8 Å². The Morgan fingerprint density at radius 2 is 1.24 bits per heavy atom. The highest BCUT2D eigenvalue weighted by atomic mass is 16.5. The number of alkyl carbamates (subject to hydrolysis) is 1. The van der Waals surface area contributed by atoms with E-state index in [9.17, 15) is 14.4 Å². The number of nitrogens with zero attached hydrogens (tertiary/aromatic N) is 2. The number of rotatable bonds is 13. The zero-order valence-electron chi connectivity index (χ0n) is 30.3. The van der Waals surface area contributed by atoms with Crippen LogP contribution in [0.15, 0.2) is 60.9 Å². The monoisotopic (exact) mass is 671 g/mol. The van der Waals surface area contributed by atoms with Crippen molar-refractivity contribution in [1.29, 1.82) is 0 Å². The summed E-state index contributed by atoms with van der Waals surface area (Å²) in [6.07, 6.45) is 4.64.